The van der Waals surface area contributed by atoms with Crippen molar-refractivity contribution < 1.29 is 14.4 Å². The number of aryl methyl sites for hydroxylation is 1. The third kappa shape index (κ3) is 2.89. The quantitative estimate of drug-likeness (QED) is 0.374. The van der Waals surface area contributed by atoms with Gasteiger partial charge in [-0.25, -0.2) is 0 Å². The molecule has 1 aromatic heterocycles. The first-order valence-electron chi connectivity index (χ1n) is 6.51. The summed E-state index contributed by atoms with van der Waals surface area (Å²) in [5.74, 6) is 1.13. The number of amidine groups is 1. The molecule has 0 spiro atoms. The number of furan rings is 1. The first-order valence-corrected chi connectivity index (χ1v) is 6.51. The third-order valence-electron chi connectivity index (χ3n) is 3.46. The molecular weight excluding hydrogens is 246 g/mol. The Balaban J connectivity index is 2.06. The van der Waals surface area contributed by atoms with Gasteiger partial charge in [0.2, 0.25) is 0 Å². The van der Waals surface area contributed by atoms with E-state index >= 15 is 0 Å². The van der Waals surface area contributed by atoms with E-state index in [9.17, 15) is 4.79 Å². The second-order valence-electron chi connectivity index (χ2n) is 4.73. The number of nitrogens with zero attached hydrogens (tertiary/aromatic N) is 2. The number of hydrogen-bond donors (Lipinski definition) is 2. The van der Waals surface area contributed by atoms with E-state index in [2.05, 4.69) is 5.16 Å². The summed E-state index contributed by atoms with van der Waals surface area (Å²) in [6, 6.07) is 3.52. The molecule has 1 aliphatic heterocycles. The number of piperidine rings is 1. The van der Waals surface area contributed by atoms with Crippen molar-refractivity contribution in [1.82, 2.24) is 4.90 Å². The summed E-state index contributed by atoms with van der Waals surface area (Å²) in [4.78, 5) is 14.0. The number of amides is 1. The van der Waals surface area contributed by atoms with Crippen molar-refractivity contribution in [3.05, 3.63) is 23.7 Å². The van der Waals surface area contributed by atoms with Crippen LogP contribution in [0.2, 0.25) is 0 Å². The Kier molecular flexibility index (Phi) is 4.09. The molecule has 3 N–H and O–H groups in total. The molecule has 6 nitrogen and oxygen atoms in total. The summed E-state index contributed by atoms with van der Waals surface area (Å²) in [6.07, 6.45) is 2.44. The van der Waals surface area contributed by atoms with Crippen LogP contribution in [0.1, 0.15) is 36.1 Å². The highest BCUT2D eigenvalue weighted by atomic mass is 16.4. The van der Waals surface area contributed by atoms with Gasteiger partial charge in [0.1, 0.15) is 11.6 Å². The molecule has 0 bridgehead atoms. The van der Waals surface area contributed by atoms with Gasteiger partial charge in [-0.3, -0.25) is 4.79 Å². The first kappa shape index (κ1) is 13.5. The van der Waals surface area contributed by atoms with E-state index in [1.807, 2.05) is 13.0 Å². The van der Waals surface area contributed by atoms with E-state index in [-0.39, 0.29) is 17.7 Å². The van der Waals surface area contributed by atoms with Crippen LogP contribution < -0.4 is 5.73 Å². The molecule has 19 heavy (non-hydrogen) atoms. The molecule has 6 heteroatoms. The Labute approximate surface area is 111 Å². The van der Waals surface area contributed by atoms with E-state index < -0.39 is 0 Å². The second kappa shape index (κ2) is 5.77. The average Bonchev–Trinajstić information content (AvgIpc) is 2.94. The lowest BCUT2D eigenvalue weighted by Crippen LogP contribution is -2.44. The van der Waals surface area contributed by atoms with Gasteiger partial charge in [0.25, 0.3) is 5.91 Å². The zero-order valence-electron chi connectivity index (χ0n) is 11.0. The normalized spacial score (nSPS) is 20.6. The van der Waals surface area contributed by atoms with Crippen LogP contribution in [0.25, 0.3) is 0 Å². The van der Waals surface area contributed by atoms with Crippen molar-refractivity contribution in [3.63, 3.8) is 0 Å². The average molecular weight is 265 g/mol. The highest BCUT2D eigenvalue weighted by Crippen LogP contribution is 2.20. The molecule has 0 aromatic carbocycles. The van der Waals surface area contributed by atoms with Crippen LogP contribution in [0.3, 0.4) is 0 Å². The van der Waals surface area contributed by atoms with Gasteiger partial charge in [0.05, 0.1) is 0 Å². The van der Waals surface area contributed by atoms with Crippen molar-refractivity contribution in [2.75, 3.05) is 13.1 Å². The number of likely N-dealkylation sites (tertiary alicyclic amines) is 1. The van der Waals surface area contributed by atoms with Crippen LogP contribution in [0, 0.1) is 5.92 Å². The van der Waals surface area contributed by atoms with Crippen molar-refractivity contribution in [2.24, 2.45) is 16.8 Å². The van der Waals surface area contributed by atoms with Crippen LogP contribution in [-0.2, 0) is 6.42 Å². The molecule has 1 aliphatic rings. The van der Waals surface area contributed by atoms with E-state index in [1.54, 1.807) is 11.0 Å². The van der Waals surface area contributed by atoms with E-state index in [0.717, 1.165) is 25.0 Å². The lowest BCUT2D eigenvalue weighted by Gasteiger charge is -2.31. The van der Waals surface area contributed by atoms with Gasteiger partial charge in [-0.2, -0.15) is 0 Å². The fourth-order valence-electron chi connectivity index (χ4n) is 2.32. The zero-order valence-corrected chi connectivity index (χ0v) is 11.0. The second-order valence-corrected chi connectivity index (χ2v) is 4.73. The molecule has 104 valence electrons. The number of nitrogens with two attached hydrogens (primary N) is 1. The summed E-state index contributed by atoms with van der Waals surface area (Å²) in [6.45, 7) is 3.12. The maximum Gasteiger partial charge on any atom is 0.289 e. The summed E-state index contributed by atoms with van der Waals surface area (Å²) in [5, 5.41) is 11.7. The van der Waals surface area contributed by atoms with Gasteiger partial charge in [-0.15, -0.1) is 0 Å². The molecule has 1 fully saturated rings. The van der Waals surface area contributed by atoms with Crippen LogP contribution in [-0.4, -0.2) is 34.9 Å². The highest BCUT2D eigenvalue weighted by Gasteiger charge is 2.28. The Bertz CT molecular complexity index is 481. The fourth-order valence-corrected chi connectivity index (χ4v) is 2.32. The minimum Gasteiger partial charge on any atom is -0.456 e. The smallest absolute Gasteiger partial charge is 0.289 e. The Morgan fingerprint density at radius 3 is 3.05 bits per heavy atom. The number of hydrogen-bond acceptors (Lipinski definition) is 4. The van der Waals surface area contributed by atoms with Gasteiger partial charge in [0, 0.05) is 25.4 Å². The number of carbonyl (C=O) groups excluding carboxylic acids is 1. The van der Waals surface area contributed by atoms with Gasteiger partial charge in [0.15, 0.2) is 5.76 Å². The van der Waals surface area contributed by atoms with E-state index in [0.29, 0.717) is 18.8 Å². The van der Waals surface area contributed by atoms with Crippen LogP contribution in [0.15, 0.2) is 21.7 Å². The van der Waals surface area contributed by atoms with Crippen LogP contribution in [0.4, 0.5) is 0 Å². The first-order chi connectivity index (χ1) is 9.15. The summed E-state index contributed by atoms with van der Waals surface area (Å²) in [5.41, 5.74) is 5.61. The number of carbonyl (C=O) groups is 1. The summed E-state index contributed by atoms with van der Waals surface area (Å²) < 4.78 is 5.47. The Morgan fingerprint density at radius 2 is 2.42 bits per heavy atom. The molecule has 0 saturated carbocycles. The van der Waals surface area contributed by atoms with Gasteiger partial charge in [-0.1, -0.05) is 12.1 Å². The predicted molar refractivity (Wildman–Crippen MR) is 70.1 cm³/mol. The number of oxime groups is 1. The molecule has 2 heterocycles. The van der Waals surface area contributed by atoms with Crippen molar-refractivity contribution >= 4 is 11.7 Å². The van der Waals surface area contributed by atoms with Crippen LogP contribution >= 0.6 is 0 Å². The lowest BCUT2D eigenvalue weighted by molar-refractivity contribution is 0.0667. The molecule has 1 amide bonds. The maximum atomic E-state index is 12.3. The molecule has 0 aliphatic carbocycles. The fraction of sp³-hybridized carbons (Fsp3) is 0.538. The minimum absolute atomic E-state index is 0.0803. The summed E-state index contributed by atoms with van der Waals surface area (Å²) in [7, 11) is 0. The van der Waals surface area contributed by atoms with Crippen LogP contribution in [0.5, 0.6) is 0 Å². The third-order valence-corrected chi connectivity index (χ3v) is 3.46. The molecule has 1 saturated heterocycles. The summed E-state index contributed by atoms with van der Waals surface area (Å²) >= 11 is 0. The molecule has 1 unspecified atom stereocenters. The van der Waals surface area contributed by atoms with Crippen molar-refractivity contribution in [3.8, 4) is 0 Å². The molecule has 1 atom stereocenters. The maximum absolute atomic E-state index is 12.3. The van der Waals surface area contributed by atoms with Gasteiger partial charge < -0.3 is 20.3 Å². The predicted octanol–water partition coefficient (Wildman–Crippen LogP) is 1.44. The topological polar surface area (TPSA) is 92.1 Å². The lowest BCUT2D eigenvalue weighted by atomic mass is 9.97. The van der Waals surface area contributed by atoms with E-state index in [1.165, 1.54) is 0 Å². The molecular formula is C13H19N3O3. The monoisotopic (exact) mass is 265 g/mol. The van der Waals surface area contributed by atoms with Crippen molar-refractivity contribution in [1.29, 1.82) is 0 Å². The number of rotatable bonds is 3. The van der Waals surface area contributed by atoms with Crippen molar-refractivity contribution in [2.45, 2.75) is 26.2 Å². The molecule has 0 radical (unpaired) electrons. The molecule has 1 aromatic rings. The zero-order chi connectivity index (χ0) is 13.8. The van der Waals surface area contributed by atoms with Gasteiger partial charge >= 0.3 is 0 Å². The minimum atomic E-state index is -0.130. The largest absolute Gasteiger partial charge is 0.456 e. The SMILES string of the molecule is CCc1ccc(C(=O)N2CCCC(C(N)=NO)C2)o1. The Morgan fingerprint density at radius 1 is 1.63 bits per heavy atom. The standard InChI is InChI=1S/C13H19N3O3/c1-2-10-5-6-11(19-10)13(17)16-7-3-4-9(8-16)12(14)15-18/h5-6,9,18H,2-4,7-8H2,1H3,(H2,14,15). The van der Waals surface area contributed by atoms with E-state index in [4.69, 9.17) is 15.4 Å². The Hall–Kier alpha value is -1.98. The molecule has 2 rings (SSSR count). The van der Waals surface area contributed by atoms with Gasteiger partial charge in [-0.05, 0) is 25.0 Å². The highest BCUT2D eigenvalue weighted by molar-refractivity contribution is 5.92.